The van der Waals surface area contributed by atoms with Gasteiger partial charge in [0.05, 0.1) is 24.3 Å². The third kappa shape index (κ3) is 9.57. The Bertz CT molecular complexity index is 1560. The van der Waals surface area contributed by atoms with Gasteiger partial charge in [0.15, 0.2) is 0 Å². The first-order valence-corrected chi connectivity index (χ1v) is 15.8. The molecule has 1 amide bonds. The molecular weight excluding hydrogens is 626 g/mol. The molecule has 1 heterocycles. The second-order valence-electron chi connectivity index (χ2n) is 10.8. The van der Waals surface area contributed by atoms with Crippen LogP contribution < -0.4 is 20.9 Å². The highest BCUT2D eigenvalue weighted by molar-refractivity contribution is 9.10. The molecule has 0 aliphatic carbocycles. The maximum atomic E-state index is 11.6. The van der Waals surface area contributed by atoms with Crippen molar-refractivity contribution in [3.8, 4) is 11.5 Å². The average molecular weight is 667 g/mol. The van der Waals surface area contributed by atoms with Crippen LogP contribution >= 0.6 is 15.9 Å². The molecule has 4 aromatic rings. The highest BCUT2D eigenvalue weighted by Crippen LogP contribution is 2.32. The number of amides is 1. The molecule has 0 bridgehead atoms. The van der Waals surface area contributed by atoms with Crippen LogP contribution in [0.1, 0.15) is 73.8 Å². The van der Waals surface area contributed by atoms with Crippen molar-refractivity contribution in [1.29, 1.82) is 0 Å². The topological polar surface area (TPSA) is 144 Å². The third-order valence-electron chi connectivity index (χ3n) is 7.55. The molecule has 0 radical (unpaired) electrons. The first-order valence-electron chi connectivity index (χ1n) is 15.0. The van der Waals surface area contributed by atoms with E-state index >= 15 is 0 Å². The monoisotopic (exact) mass is 665 g/mol. The summed E-state index contributed by atoms with van der Waals surface area (Å²) in [5, 5.41) is 36.6. The number of aromatic nitrogens is 1. The summed E-state index contributed by atoms with van der Waals surface area (Å²) in [7, 11) is 0. The van der Waals surface area contributed by atoms with Crippen LogP contribution in [-0.4, -0.2) is 46.1 Å². The van der Waals surface area contributed by atoms with E-state index in [1.807, 2.05) is 48.5 Å². The summed E-state index contributed by atoms with van der Waals surface area (Å²) in [5.74, 6) is 0.694. The number of halogens is 1. The zero-order valence-electron chi connectivity index (χ0n) is 24.6. The number of rotatable bonds is 17. The molecule has 10 heteroatoms. The van der Waals surface area contributed by atoms with Crippen LogP contribution in [0.5, 0.6) is 11.5 Å². The number of hydrogen-bond acceptors (Lipinski definition) is 6. The fraction of sp³-hybridized carbons (Fsp3) is 0.353. The molecular formula is C34H40BrN3O6. The van der Waals surface area contributed by atoms with Gasteiger partial charge in [0.25, 0.3) is 0 Å². The number of unbranched alkanes of at least 4 members (excludes halogenated alkanes) is 6. The van der Waals surface area contributed by atoms with Crippen molar-refractivity contribution in [1.82, 2.24) is 15.6 Å². The van der Waals surface area contributed by atoms with Crippen LogP contribution in [0.3, 0.4) is 0 Å². The number of aromatic amines is 1. The lowest BCUT2D eigenvalue weighted by Gasteiger charge is -2.20. The number of phenols is 1. The van der Waals surface area contributed by atoms with Gasteiger partial charge < -0.3 is 35.7 Å². The Morgan fingerprint density at radius 2 is 1.61 bits per heavy atom. The Kier molecular flexibility index (Phi) is 12.6. The molecule has 9 nitrogen and oxygen atoms in total. The molecule has 6 N–H and O–H groups in total. The van der Waals surface area contributed by atoms with Gasteiger partial charge in [-0.3, -0.25) is 4.79 Å². The van der Waals surface area contributed by atoms with Gasteiger partial charge in [-0.2, -0.15) is 0 Å². The van der Waals surface area contributed by atoms with E-state index < -0.39 is 18.2 Å². The van der Waals surface area contributed by atoms with E-state index in [1.54, 1.807) is 12.1 Å². The molecule has 1 aromatic heterocycles. The first-order chi connectivity index (χ1) is 21.3. The largest absolute Gasteiger partial charge is 0.506 e. The first kappa shape index (κ1) is 33.0. The standard InChI is InChI=1S/C34H40BrN3O6/c35-28-16-13-24(21-27(28)32(38-34(42)43)23-11-7-6-8-12-23)44-20-10-5-3-1-2-4-9-19-36-22-30(40)25-14-17-29(39)33-26(25)15-18-31(41)37-33/h6-8,11-18,21,30,32,36,38-40H,1-5,9-10,19-20,22H2,(H,37,41)(H,42,43). The fourth-order valence-corrected chi connectivity index (χ4v) is 5.74. The second-order valence-corrected chi connectivity index (χ2v) is 11.7. The highest BCUT2D eigenvalue weighted by atomic mass is 79.9. The number of hydrogen-bond donors (Lipinski definition) is 6. The van der Waals surface area contributed by atoms with E-state index in [1.165, 1.54) is 12.1 Å². The van der Waals surface area contributed by atoms with E-state index in [-0.39, 0.29) is 11.3 Å². The number of benzene rings is 3. The van der Waals surface area contributed by atoms with E-state index in [0.29, 0.717) is 35.4 Å². The minimum Gasteiger partial charge on any atom is -0.506 e. The predicted octanol–water partition coefficient (Wildman–Crippen LogP) is 6.79. The van der Waals surface area contributed by atoms with Crippen LogP contribution in [0.25, 0.3) is 10.9 Å². The fourth-order valence-electron chi connectivity index (χ4n) is 5.27. The van der Waals surface area contributed by atoms with E-state index in [2.05, 4.69) is 31.5 Å². The maximum absolute atomic E-state index is 11.6. The maximum Gasteiger partial charge on any atom is 0.405 e. The lowest BCUT2D eigenvalue weighted by atomic mass is 9.98. The normalized spacial score (nSPS) is 12.6. The minimum absolute atomic E-state index is 0.0164. The van der Waals surface area contributed by atoms with Crippen LogP contribution in [0.2, 0.25) is 0 Å². The molecule has 44 heavy (non-hydrogen) atoms. The number of carboxylic acid groups (broad SMARTS) is 1. The van der Waals surface area contributed by atoms with Crippen LogP contribution in [0, 0.1) is 0 Å². The zero-order valence-corrected chi connectivity index (χ0v) is 26.2. The van der Waals surface area contributed by atoms with Crippen LogP contribution in [0.4, 0.5) is 4.79 Å². The van der Waals surface area contributed by atoms with Crippen molar-refractivity contribution in [3.63, 3.8) is 0 Å². The summed E-state index contributed by atoms with van der Waals surface area (Å²) in [6, 6.07) is 20.8. The Labute approximate surface area is 265 Å². The summed E-state index contributed by atoms with van der Waals surface area (Å²) < 4.78 is 6.81. The number of aliphatic hydroxyl groups is 1. The van der Waals surface area contributed by atoms with Gasteiger partial charge in [0.2, 0.25) is 5.56 Å². The molecule has 0 spiro atoms. The van der Waals surface area contributed by atoms with Gasteiger partial charge in [-0.15, -0.1) is 0 Å². The summed E-state index contributed by atoms with van der Waals surface area (Å²) in [6.07, 6.45) is 5.75. The van der Waals surface area contributed by atoms with E-state index in [4.69, 9.17) is 4.74 Å². The summed E-state index contributed by atoms with van der Waals surface area (Å²) >= 11 is 3.56. The molecule has 0 fully saturated rings. The molecule has 2 atom stereocenters. The molecule has 234 valence electrons. The summed E-state index contributed by atoms with van der Waals surface area (Å²) in [6.45, 7) is 1.80. The Morgan fingerprint density at radius 1 is 0.886 bits per heavy atom. The summed E-state index contributed by atoms with van der Waals surface area (Å²) in [5.41, 5.74) is 2.35. The molecule has 3 aromatic carbocycles. The molecule has 0 saturated carbocycles. The van der Waals surface area contributed by atoms with Crippen molar-refractivity contribution >= 4 is 32.9 Å². The average Bonchev–Trinajstić information content (AvgIpc) is 3.02. The minimum atomic E-state index is -1.09. The number of carbonyl (C=O) groups is 1. The van der Waals surface area contributed by atoms with Crippen molar-refractivity contribution in [2.24, 2.45) is 0 Å². The molecule has 0 aliphatic heterocycles. The van der Waals surface area contributed by atoms with Crippen molar-refractivity contribution in [2.45, 2.75) is 57.1 Å². The van der Waals surface area contributed by atoms with Gasteiger partial charge in [0, 0.05) is 22.5 Å². The number of phenolic OH excluding ortho intramolecular Hbond substituents is 1. The lowest BCUT2D eigenvalue weighted by Crippen LogP contribution is -2.27. The number of H-pyrrole nitrogens is 1. The third-order valence-corrected chi connectivity index (χ3v) is 8.27. The van der Waals surface area contributed by atoms with Gasteiger partial charge in [-0.25, -0.2) is 4.79 Å². The lowest BCUT2D eigenvalue weighted by molar-refractivity contribution is 0.176. The molecule has 2 unspecified atom stereocenters. The predicted molar refractivity (Wildman–Crippen MR) is 175 cm³/mol. The van der Waals surface area contributed by atoms with Crippen LogP contribution in [-0.2, 0) is 0 Å². The van der Waals surface area contributed by atoms with E-state index in [0.717, 1.165) is 67.1 Å². The highest BCUT2D eigenvalue weighted by Gasteiger charge is 2.20. The zero-order chi connectivity index (χ0) is 31.3. The Morgan fingerprint density at radius 3 is 2.36 bits per heavy atom. The Hall–Kier alpha value is -3.86. The van der Waals surface area contributed by atoms with E-state index in [9.17, 15) is 24.9 Å². The van der Waals surface area contributed by atoms with Crippen molar-refractivity contribution in [3.05, 3.63) is 104 Å². The molecule has 0 saturated heterocycles. The summed E-state index contributed by atoms with van der Waals surface area (Å²) in [4.78, 5) is 25.7. The van der Waals surface area contributed by atoms with Gasteiger partial charge in [0.1, 0.15) is 11.5 Å². The number of aromatic hydroxyl groups is 1. The number of aliphatic hydroxyl groups excluding tert-OH is 1. The van der Waals surface area contributed by atoms with Gasteiger partial charge >= 0.3 is 6.09 Å². The SMILES string of the molecule is O=C(O)NC(c1ccccc1)c1cc(OCCCCCCCCCNCC(O)c2ccc(O)c3[nH]c(=O)ccc23)ccc1Br. The number of fused-ring (bicyclic) bond motifs is 1. The smallest absolute Gasteiger partial charge is 0.405 e. The van der Waals surface area contributed by atoms with Crippen LogP contribution in [0.15, 0.2) is 82.1 Å². The molecule has 0 aliphatic rings. The number of nitrogens with one attached hydrogen (secondary N) is 3. The quantitative estimate of drug-likeness (QED) is 0.0682. The molecule has 4 rings (SSSR count). The Balaban J connectivity index is 1.09. The van der Waals surface area contributed by atoms with Crippen molar-refractivity contribution in [2.75, 3.05) is 19.7 Å². The van der Waals surface area contributed by atoms with Gasteiger partial charge in [-0.1, -0.05) is 84.4 Å². The van der Waals surface area contributed by atoms with Gasteiger partial charge in [-0.05, 0) is 66.4 Å². The number of ether oxygens (including phenoxy) is 1. The van der Waals surface area contributed by atoms with Crippen molar-refractivity contribution < 1.29 is 24.9 Å². The number of pyridine rings is 1. The second kappa shape index (κ2) is 16.8.